The van der Waals surface area contributed by atoms with Gasteiger partial charge in [0.05, 0.1) is 16.7 Å². The Balaban J connectivity index is 1.95. The van der Waals surface area contributed by atoms with Crippen LogP contribution in [0.1, 0.15) is 0 Å². The third kappa shape index (κ3) is 2.41. The summed E-state index contributed by atoms with van der Waals surface area (Å²) in [5.41, 5.74) is 0.920. The Morgan fingerprint density at radius 2 is 1.95 bits per heavy atom. The summed E-state index contributed by atoms with van der Waals surface area (Å²) in [6.45, 7) is 0. The van der Waals surface area contributed by atoms with Gasteiger partial charge in [-0.2, -0.15) is 4.98 Å². The molecule has 1 N–H and O–H groups in total. The molecule has 0 fully saturated rings. The van der Waals surface area contributed by atoms with Gasteiger partial charge in [0.25, 0.3) is 11.6 Å². The number of nitro benzene ring substituents is 1. The fourth-order valence-electron chi connectivity index (χ4n) is 1.75. The van der Waals surface area contributed by atoms with Gasteiger partial charge in [-0.25, -0.2) is 0 Å². The standard InChI is InChI=1S/C13H8N4O4/c18-11-7-14-6-5-10(11)13-15-12(16-21-13)8-1-3-9(4-2-8)17(19)20/h1-7,18H. The van der Waals surface area contributed by atoms with Crippen molar-refractivity contribution < 1.29 is 14.6 Å². The molecule has 0 saturated carbocycles. The summed E-state index contributed by atoms with van der Waals surface area (Å²) in [5, 5.41) is 24.1. The van der Waals surface area contributed by atoms with Crippen LogP contribution in [0.25, 0.3) is 22.8 Å². The molecule has 104 valence electrons. The second-order valence-corrected chi connectivity index (χ2v) is 4.12. The van der Waals surface area contributed by atoms with Crippen LogP contribution >= 0.6 is 0 Å². The fraction of sp³-hybridized carbons (Fsp3) is 0. The smallest absolute Gasteiger partial charge is 0.269 e. The molecule has 0 saturated heterocycles. The fourth-order valence-corrected chi connectivity index (χ4v) is 1.75. The van der Waals surface area contributed by atoms with Gasteiger partial charge < -0.3 is 9.63 Å². The van der Waals surface area contributed by atoms with Gasteiger partial charge in [-0.15, -0.1) is 0 Å². The van der Waals surface area contributed by atoms with E-state index in [1.54, 1.807) is 6.07 Å². The first-order valence-electron chi connectivity index (χ1n) is 5.87. The monoisotopic (exact) mass is 284 g/mol. The Hall–Kier alpha value is -3.29. The molecule has 8 nitrogen and oxygen atoms in total. The highest BCUT2D eigenvalue weighted by atomic mass is 16.6. The largest absolute Gasteiger partial charge is 0.505 e. The molecule has 0 aliphatic rings. The van der Waals surface area contributed by atoms with Crippen molar-refractivity contribution >= 4 is 5.69 Å². The van der Waals surface area contributed by atoms with Gasteiger partial charge in [-0.05, 0) is 18.2 Å². The number of hydrogen-bond donors (Lipinski definition) is 1. The Kier molecular flexibility index (Phi) is 3.03. The van der Waals surface area contributed by atoms with Crippen molar-refractivity contribution in [3.8, 4) is 28.6 Å². The number of non-ortho nitro benzene ring substituents is 1. The van der Waals surface area contributed by atoms with Gasteiger partial charge >= 0.3 is 0 Å². The highest BCUT2D eigenvalue weighted by Crippen LogP contribution is 2.28. The molecular weight excluding hydrogens is 276 g/mol. The summed E-state index contributed by atoms with van der Waals surface area (Å²) < 4.78 is 5.08. The van der Waals surface area contributed by atoms with E-state index in [1.807, 2.05) is 0 Å². The van der Waals surface area contributed by atoms with E-state index < -0.39 is 4.92 Å². The Bertz CT molecular complexity index is 798. The van der Waals surface area contributed by atoms with Crippen LogP contribution in [-0.2, 0) is 0 Å². The average Bonchev–Trinajstić information content (AvgIpc) is 2.97. The van der Waals surface area contributed by atoms with E-state index >= 15 is 0 Å². The molecule has 1 aromatic carbocycles. The second-order valence-electron chi connectivity index (χ2n) is 4.12. The van der Waals surface area contributed by atoms with Crippen LogP contribution in [-0.4, -0.2) is 25.2 Å². The number of benzene rings is 1. The summed E-state index contributed by atoms with van der Waals surface area (Å²) in [6, 6.07) is 7.31. The van der Waals surface area contributed by atoms with E-state index in [0.29, 0.717) is 11.1 Å². The predicted molar refractivity (Wildman–Crippen MR) is 71.3 cm³/mol. The maximum absolute atomic E-state index is 10.6. The van der Waals surface area contributed by atoms with Crippen LogP contribution in [0.2, 0.25) is 0 Å². The molecule has 0 spiro atoms. The number of pyridine rings is 1. The summed E-state index contributed by atoms with van der Waals surface area (Å²) >= 11 is 0. The van der Waals surface area contributed by atoms with E-state index in [2.05, 4.69) is 15.1 Å². The minimum Gasteiger partial charge on any atom is -0.505 e. The van der Waals surface area contributed by atoms with Gasteiger partial charge in [0, 0.05) is 23.9 Å². The van der Waals surface area contributed by atoms with E-state index in [-0.39, 0.29) is 23.2 Å². The highest BCUT2D eigenvalue weighted by Gasteiger charge is 2.14. The molecule has 2 aromatic heterocycles. The minimum atomic E-state index is -0.486. The van der Waals surface area contributed by atoms with Gasteiger partial charge in [0.15, 0.2) is 0 Å². The van der Waals surface area contributed by atoms with Gasteiger partial charge in [0.2, 0.25) is 5.82 Å². The lowest BCUT2D eigenvalue weighted by Crippen LogP contribution is -1.88. The Morgan fingerprint density at radius 3 is 2.62 bits per heavy atom. The highest BCUT2D eigenvalue weighted by molar-refractivity contribution is 5.64. The zero-order valence-corrected chi connectivity index (χ0v) is 10.5. The van der Waals surface area contributed by atoms with Crippen LogP contribution in [0.5, 0.6) is 5.75 Å². The molecule has 0 unspecified atom stereocenters. The quantitative estimate of drug-likeness (QED) is 0.579. The van der Waals surface area contributed by atoms with Crippen LogP contribution in [0.15, 0.2) is 47.2 Å². The van der Waals surface area contributed by atoms with E-state index in [9.17, 15) is 15.2 Å². The van der Waals surface area contributed by atoms with Crippen LogP contribution < -0.4 is 0 Å². The average molecular weight is 284 g/mol. The minimum absolute atomic E-state index is 0.0192. The lowest BCUT2D eigenvalue weighted by molar-refractivity contribution is -0.384. The van der Waals surface area contributed by atoms with Crippen molar-refractivity contribution in [3.05, 3.63) is 52.8 Å². The summed E-state index contributed by atoms with van der Waals surface area (Å²) in [7, 11) is 0. The van der Waals surface area contributed by atoms with Gasteiger partial charge in [0.1, 0.15) is 5.75 Å². The molecule has 0 aliphatic carbocycles. The van der Waals surface area contributed by atoms with E-state index in [4.69, 9.17) is 4.52 Å². The third-order valence-corrected chi connectivity index (χ3v) is 2.79. The first kappa shape index (κ1) is 12.7. The molecule has 0 radical (unpaired) electrons. The Morgan fingerprint density at radius 1 is 1.19 bits per heavy atom. The molecule has 0 aliphatic heterocycles. The molecule has 0 bridgehead atoms. The van der Waals surface area contributed by atoms with Crippen LogP contribution in [0, 0.1) is 10.1 Å². The normalized spacial score (nSPS) is 10.5. The first-order chi connectivity index (χ1) is 10.1. The number of hydrogen-bond acceptors (Lipinski definition) is 7. The topological polar surface area (TPSA) is 115 Å². The van der Waals surface area contributed by atoms with Crippen LogP contribution in [0.3, 0.4) is 0 Å². The van der Waals surface area contributed by atoms with Crippen molar-refractivity contribution in [1.82, 2.24) is 15.1 Å². The molecule has 0 amide bonds. The second kappa shape index (κ2) is 5.00. The van der Waals surface area contributed by atoms with Gasteiger partial charge in [-0.3, -0.25) is 15.1 Å². The van der Waals surface area contributed by atoms with Crippen LogP contribution in [0.4, 0.5) is 5.69 Å². The number of aromatic nitrogens is 3. The zero-order chi connectivity index (χ0) is 14.8. The lowest BCUT2D eigenvalue weighted by Gasteiger charge is -1.96. The molecule has 0 atom stereocenters. The number of nitrogens with zero attached hydrogens (tertiary/aromatic N) is 4. The van der Waals surface area contributed by atoms with E-state index in [1.165, 1.54) is 36.7 Å². The Labute approximate surface area is 117 Å². The van der Waals surface area contributed by atoms with E-state index in [0.717, 1.165) is 0 Å². The number of nitro groups is 1. The summed E-state index contributed by atoms with van der Waals surface area (Å²) in [6.07, 6.45) is 2.76. The van der Waals surface area contributed by atoms with Crippen molar-refractivity contribution in [2.24, 2.45) is 0 Å². The van der Waals surface area contributed by atoms with Gasteiger partial charge in [-0.1, -0.05) is 5.16 Å². The maximum Gasteiger partial charge on any atom is 0.269 e. The lowest BCUT2D eigenvalue weighted by atomic mass is 10.2. The molecular formula is C13H8N4O4. The zero-order valence-electron chi connectivity index (χ0n) is 10.5. The van der Waals surface area contributed by atoms with Crippen molar-refractivity contribution in [2.75, 3.05) is 0 Å². The molecule has 2 heterocycles. The first-order valence-corrected chi connectivity index (χ1v) is 5.87. The summed E-state index contributed by atoms with van der Waals surface area (Å²) in [4.78, 5) is 18.0. The molecule has 3 aromatic rings. The SMILES string of the molecule is O=[N+]([O-])c1ccc(-c2noc(-c3ccncc3O)n2)cc1. The third-order valence-electron chi connectivity index (χ3n) is 2.79. The molecule has 21 heavy (non-hydrogen) atoms. The molecule has 3 rings (SSSR count). The maximum atomic E-state index is 10.6. The van der Waals surface area contributed by atoms with Crippen molar-refractivity contribution in [3.63, 3.8) is 0 Å². The number of aromatic hydroxyl groups is 1. The van der Waals surface area contributed by atoms with Crippen molar-refractivity contribution in [2.45, 2.75) is 0 Å². The number of rotatable bonds is 3. The molecule has 8 heteroatoms. The van der Waals surface area contributed by atoms with Crippen molar-refractivity contribution in [1.29, 1.82) is 0 Å². The predicted octanol–water partition coefficient (Wildman–Crippen LogP) is 2.41. The summed E-state index contributed by atoms with van der Waals surface area (Å²) in [5.74, 6) is 0.343.